The summed E-state index contributed by atoms with van der Waals surface area (Å²) in [7, 11) is 2.04. The summed E-state index contributed by atoms with van der Waals surface area (Å²) in [5.74, 6) is 0.873. The van der Waals surface area contributed by atoms with Crippen molar-refractivity contribution in [3.8, 4) is 0 Å². The van der Waals surface area contributed by atoms with E-state index in [0.29, 0.717) is 6.04 Å². The van der Waals surface area contributed by atoms with Gasteiger partial charge in [-0.15, -0.1) is 0 Å². The highest BCUT2D eigenvalue weighted by molar-refractivity contribution is 4.80. The zero-order chi connectivity index (χ0) is 9.84. The molecule has 1 heterocycles. The molecular formula is C11H24N2. The molecule has 0 saturated carbocycles. The Morgan fingerprint density at radius 2 is 2.15 bits per heavy atom. The van der Waals surface area contributed by atoms with Gasteiger partial charge in [-0.2, -0.15) is 0 Å². The van der Waals surface area contributed by atoms with Crippen LogP contribution >= 0.6 is 0 Å². The van der Waals surface area contributed by atoms with Crippen molar-refractivity contribution in [2.24, 2.45) is 5.92 Å². The molecule has 0 bridgehead atoms. The number of likely N-dealkylation sites (N-methyl/N-ethyl adjacent to an activating group) is 1. The number of piperidine rings is 1. The Balaban J connectivity index is 2.39. The Hall–Kier alpha value is -0.0800. The Morgan fingerprint density at radius 3 is 2.77 bits per heavy atom. The van der Waals surface area contributed by atoms with Crippen LogP contribution in [0.2, 0.25) is 0 Å². The maximum atomic E-state index is 3.31. The third-order valence-corrected chi connectivity index (χ3v) is 3.51. The third kappa shape index (κ3) is 2.96. The largest absolute Gasteiger partial charge is 0.316 e. The highest BCUT2D eigenvalue weighted by Crippen LogP contribution is 2.22. The van der Waals surface area contributed by atoms with E-state index in [9.17, 15) is 0 Å². The summed E-state index contributed by atoms with van der Waals surface area (Å²) in [4.78, 5) is 2.62. The Labute approximate surface area is 82.7 Å². The van der Waals surface area contributed by atoms with E-state index < -0.39 is 0 Å². The fourth-order valence-corrected chi connectivity index (χ4v) is 2.12. The van der Waals surface area contributed by atoms with Crippen LogP contribution in [0.15, 0.2) is 0 Å². The van der Waals surface area contributed by atoms with Crippen molar-refractivity contribution in [1.29, 1.82) is 0 Å². The van der Waals surface area contributed by atoms with Crippen LogP contribution in [0.25, 0.3) is 0 Å². The van der Waals surface area contributed by atoms with Gasteiger partial charge < -0.3 is 5.32 Å². The topological polar surface area (TPSA) is 15.3 Å². The predicted octanol–water partition coefficient (Wildman–Crippen LogP) is 1.71. The first-order valence-corrected chi connectivity index (χ1v) is 5.56. The van der Waals surface area contributed by atoms with E-state index in [-0.39, 0.29) is 0 Å². The van der Waals surface area contributed by atoms with E-state index in [1.807, 2.05) is 7.05 Å². The second-order valence-corrected chi connectivity index (χ2v) is 4.54. The molecule has 0 aromatic rings. The first-order valence-electron chi connectivity index (χ1n) is 5.56. The Kier molecular flexibility index (Phi) is 4.20. The molecule has 0 amide bonds. The number of hydrogen-bond acceptors (Lipinski definition) is 2. The number of hydrogen-bond donors (Lipinski definition) is 1. The molecular weight excluding hydrogens is 160 g/mol. The quantitative estimate of drug-likeness (QED) is 0.718. The second kappa shape index (κ2) is 4.97. The number of likely N-dealkylation sites (tertiary alicyclic amines) is 1. The molecule has 0 spiro atoms. The lowest BCUT2D eigenvalue weighted by atomic mass is 9.92. The van der Waals surface area contributed by atoms with Crippen LogP contribution in [0, 0.1) is 5.92 Å². The maximum Gasteiger partial charge on any atom is 0.0163 e. The first kappa shape index (κ1) is 11.0. The molecule has 1 rings (SSSR count). The number of rotatable bonds is 3. The summed E-state index contributed by atoms with van der Waals surface area (Å²) >= 11 is 0. The van der Waals surface area contributed by atoms with Crippen LogP contribution in [0.5, 0.6) is 0 Å². The molecule has 2 heteroatoms. The van der Waals surface area contributed by atoms with Gasteiger partial charge in [0.2, 0.25) is 0 Å². The molecule has 1 aliphatic rings. The molecule has 3 unspecified atom stereocenters. The molecule has 78 valence electrons. The van der Waals surface area contributed by atoms with Crippen LogP contribution in [-0.2, 0) is 0 Å². The van der Waals surface area contributed by atoms with Gasteiger partial charge in [-0.05, 0) is 46.2 Å². The zero-order valence-electron chi connectivity index (χ0n) is 9.51. The fourth-order valence-electron chi connectivity index (χ4n) is 2.12. The molecule has 13 heavy (non-hydrogen) atoms. The lowest BCUT2D eigenvalue weighted by molar-refractivity contribution is 0.105. The van der Waals surface area contributed by atoms with Crippen molar-refractivity contribution in [3.05, 3.63) is 0 Å². The van der Waals surface area contributed by atoms with Crippen LogP contribution in [0.1, 0.15) is 33.6 Å². The van der Waals surface area contributed by atoms with Crippen LogP contribution in [0.4, 0.5) is 0 Å². The average molecular weight is 184 g/mol. The van der Waals surface area contributed by atoms with Gasteiger partial charge in [0.05, 0.1) is 0 Å². The van der Waals surface area contributed by atoms with E-state index in [2.05, 4.69) is 31.0 Å². The smallest absolute Gasteiger partial charge is 0.0163 e. The van der Waals surface area contributed by atoms with Gasteiger partial charge in [0, 0.05) is 18.6 Å². The average Bonchev–Trinajstić information content (AvgIpc) is 2.13. The van der Waals surface area contributed by atoms with E-state index >= 15 is 0 Å². The van der Waals surface area contributed by atoms with Gasteiger partial charge in [-0.25, -0.2) is 0 Å². The van der Waals surface area contributed by atoms with Gasteiger partial charge in [0.15, 0.2) is 0 Å². The lowest BCUT2D eigenvalue weighted by Gasteiger charge is -2.39. The first-order chi connectivity index (χ1) is 6.15. The zero-order valence-corrected chi connectivity index (χ0v) is 9.51. The van der Waals surface area contributed by atoms with E-state index in [0.717, 1.165) is 12.0 Å². The minimum atomic E-state index is 0.618. The molecule has 0 aliphatic carbocycles. The second-order valence-electron chi connectivity index (χ2n) is 4.54. The number of nitrogens with zero attached hydrogens (tertiary/aromatic N) is 1. The lowest BCUT2D eigenvalue weighted by Crippen LogP contribution is -2.47. The molecule has 1 fully saturated rings. The van der Waals surface area contributed by atoms with Crippen molar-refractivity contribution in [2.45, 2.75) is 45.7 Å². The monoisotopic (exact) mass is 184 g/mol. The Bertz CT molecular complexity index is 147. The summed E-state index contributed by atoms with van der Waals surface area (Å²) in [5, 5.41) is 3.31. The third-order valence-electron chi connectivity index (χ3n) is 3.51. The molecule has 0 radical (unpaired) electrons. The highest BCUT2D eigenvalue weighted by atomic mass is 15.2. The summed E-state index contributed by atoms with van der Waals surface area (Å²) in [5.41, 5.74) is 0. The molecule has 1 saturated heterocycles. The van der Waals surface area contributed by atoms with E-state index in [1.54, 1.807) is 0 Å². The molecule has 3 atom stereocenters. The normalized spacial score (nSPS) is 33.2. The van der Waals surface area contributed by atoms with Gasteiger partial charge in [-0.3, -0.25) is 4.90 Å². The van der Waals surface area contributed by atoms with Crippen molar-refractivity contribution in [2.75, 3.05) is 20.1 Å². The van der Waals surface area contributed by atoms with Gasteiger partial charge in [0.25, 0.3) is 0 Å². The minimum Gasteiger partial charge on any atom is -0.316 e. The van der Waals surface area contributed by atoms with Gasteiger partial charge >= 0.3 is 0 Å². The summed E-state index contributed by atoms with van der Waals surface area (Å²) in [6.07, 6.45) is 2.79. The van der Waals surface area contributed by atoms with Crippen molar-refractivity contribution >= 4 is 0 Å². The van der Waals surface area contributed by atoms with Gasteiger partial charge in [0.1, 0.15) is 0 Å². The molecule has 0 aromatic carbocycles. The van der Waals surface area contributed by atoms with Crippen molar-refractivity contribution < 1.29 is 0 Å². The SMILES string of the molecule is CNC(C)CN1CCCC(C)C1C. The molecule has 1 N–H and O–H groups in total. The summed E-state index contributed by atoms with van der Waals surface area (Å²) < 4.78 is 0. The molecule has 2 nitrogen and oxygen atoms in total. The fraction of sp³-hybridized carbons (Fsp3) is 1.00. The minimum absolute atomic E-state index is 0.618. The van der Waals surface area contributed by atoms with Gasteiger partial charge in [-0.1, -0.05) is 6.92 Å². The standard InChI is InChI=1S/C11H24N2/c1-9-6-5-7-13(11(9)3)8-10(2)12-4/h9-12H,5-8H2,1-4H3. The van der Waals surface area contributed by atoms with Crippen molar-refractivity contribution in [3.63, 3.8) is 0 Å². The van der Waals surface area contributed by atoms with E-state index in [1.165, 1.54) is 25.9 Å². The Morgan fingerprint density at radius 1 is 1.46 bits per heavy atom. The van der Waals surface area contributed by atoms with Crippen LogP contribution in [0.3, 0.4) is 0 Å². The predicted molar refractivity (Wildman–Crippen MR) is 58.0 cm³/mol. The summed E-state index contributed by atoms with van der Waals surface area (Å²) in [6.45, 7) is 9.48. The molecule has 0 aromatic heterocycles. The van der Waals surface area contributed by atoms with E-state index in [4.69, 9.17) is 0 Å². The van der Waals surface area contributed by atoms with Crippen LogP contribution in [-0.4, -0.2) is 37.1 Å². The maximum absolute atomic E-state index is 3.31. The van der Waals surface area contributed by atoms with Crippen LogP contribution < -0.4 is 5.32 Å². The summed E-state index contributed by atoms with van der Waals surface area (Å²) in [6, 6.07) is 1.39. The van der Waals surface area contributed by atoms with Crippen molar-refractivity contribution in [1.82, 2.24) is 10.2 Å². The number of nitrogens with one attached hydrogen (secondary N) is 1. The molecule has 1 aliphatic heterocycles. The highest BCUT2D eigenvalue weighted by Gasteiger charge is 2.24.